The number of aromatic nitrogens is 2. The van der Waals surface area contributed by atoms with Gasteiger partial charge in [0.25, 0.3) is 5.91 Å². The molecule has 5 aromatic rings. The maximum Gasteiger partial charge on any atom is 0.310 e. The Hall–Kier alpha value is -5.59. The molecule has 3 aromatic carbocycles. The molecule has 1 saturated heterocycles. The Morgan fingerprint density at radius 2 is 1.71 bits per heavy atom. The second-order valence-electron chi connectivity index (χ2n) is 12.6. The molecule has 0 saturated carbocycles. The average Bonchev–Trinajstić information content (AvgIpc) is 3.14. The number of carbonyl (C=O) groups is 2. The molecule has 2 N–H and O–H groups in total. The summed E-state index contributed by atoms with van der Waals surface area (Å²) < 4.78 is 41.8. The highest BCUT2D eigenvalue weighted by atomic mass is 35.5. The fourth-order valence-electron chi connectivity index (χ4n) is 5.82. The zero-order chi connectivity index (χ0) is 36.8. The minimum absolute atomic E-state index is 0.0431. The number of benzene rings is 3. The van der Waals surface area contributed by atoms with Gasteiger partial charge >= 0.3 is 5.97 Å². The quantitative estimate of drug-likeness (QED) is 0.132. The summed E-state index contributed by atoms with van der Waals surface area (Å²) in [4.78, 5) is 46.3. The van der Waals surface area contributed by atoms with E-state index in [0.29, 0.717) is 24.2 Å². The van der Waals surface area contributed by atoms with Crippen molar-refractivity contribution in [2.24, 2.45) is 5.92 Å². The zero-order valence-electron chi connectivity index (χ0n) is 28.4. The molecule has 52 heavy (non-hydrogen) atoms. The molecule has 1 amide bonds. The van der Waals surface area contributed by atoms with Gasteiger partial charge in [0.1, 0.15) is 22.2 Å². The molecule has 1 atom stereocenters. The van der Waals surface area contributed by atoms with Gasteiger partial charge < -0.3 is 29.6 Å². The standard InChI is InChI=1S/C39H36ClF2N5O5/c1-24(25-6-4-3-5-7-25)44-37-35(40)34(14-17-43-37)52-33-13-12-29(20-32(33)42)45-38(49)31-22-47(23-51-39(50)27-15-18-46(2)19-16-27)21-30(36(31)48)26-8-10-28(41)11-9-26/h3-14,17,20-22,24,27H,15-16,18-19,23H2,1-2H3,(H,43,44)(H,45,49). The van der Waals surface area contributed by atoms with Crippen molar-refractivity contribution >= 4 is 35.0 Å². The van der Waals surface area contributed by atoms with Crippen LogP contribution in [0, 0.1) is 17.6 Å². The predicted octanol–water partition coefficient (Wildman–Crippen LogP) is 7.90. The van der Waals surface area contributed by atoms with Gasteiger partial charge in [-0.3, -0.25) is 14.4 Å². The molecule has 0 aliphatic carbocycles. The monoisotopic (exact) mass is 727 g/mol. The van der Waals surface area contributed by atoms with Gasteiger partial charge in [-0.25, -0.2) is 13.8 Å². The van der Waals surface area contributed by atoms with Crippen LogP contribution in [0.1, 0.15) is 41.7 Å². The molecule has 1 aliphatic heterocycles. The summed E-state index contributed by atoms with van der Waals surface area (Å²) in [6, 6.07) is 20.1. The topological polar surface area (TPSA) is 115 Å². The van der Waals surface area contributed by atoms with Crippen molar-refractivity contribution in [1.29, 1.82) is 0 Å². The number of amides is 1. The van der Waals surface area contributed by atoms with E-state index < -0.39 is 23.0 Å². The highest BCUT2D eigenvalue weighted by Crippen LogP contribution is 2.36. The highest BCUT2D eigenvalue weighted by Gasteiger charge is 2.25. The van der Waals surface area contributed by atoms with Crippen LogP contribution in [0.25, 0.3) is 11.1 Å². The molecule has 3 heterocycles. The van der Waals surface area contributed by atoms with Crippen molar-refractivity contribution in [2.75, 3.05) is 30.8 Å². The summed E-state index contributed by atoms with van der Waals surface area (Å²) >= 11 is 6.58. The number of esters is 1. The summed E-state index contributed by atoms with van der Waals surface area (Å²) in [6.07, 6.45) is 5.51. The lowest BCUT2D eigenvalue weighted by molar-refractivity contribution is -0.154. The van der Waals surface area contributed by atoms with E-state index in [0.717, 1.165) is 24.7 Å². The molecule has 1 aliphatic rings. The molecule has 0 bridgehead atoms. The Bertz CT molecular complexity index is 2120. The average molecular weight is 728 g/mol. The van der Waals surface area contributed by atoms with Crippen LogP contribution in [0.3, 0.4) is 0 Å². The third-order valence-electron chi connectivity index (χ3n) is 8.80. The maximum atomic E-state index is 15.4. The molecule has 6 rings (SSSR count). The van der Waals surface area contributed by atoms with Gasteiger partial charge in [-0.15, -0.1) is 0 Å². The first kappa shape index (κ1) is 36.2. The van der Waals surface area contributed by atoms with Gasteiger partial charge in [-0.2, -0.15) is 0 Å². The van der Waals surface area contributed by atoms with Crippen molar-refractivity contribution in [2.45, 2.75) is 32.5 Å². The number of likely N-dealkylation sites (tertiary alicyclic amines) is 1. The van der Waals surface area contributed by atoms with Crippen LogP contribution in [0.2, 0.25) is 5.02 Å². The molecular formula is C39H36ClF2N5O5. The predicted molar refractivity (Wildman–Crippen MR) is 195 cm³/mol. The summed E-state index contributed by atoms with van der Waals surface area (Å²) in [5.41, 5.74) is 0.544. The Balaban J connectivity index is 1.19. The Morgan fingerprint density at radius 1 is 0.981 bits per heavy atom. The summed E-state index contributed by atoms with van der Waals surface area (Å²) in [7, 11) is 1.99. The first-order valence-electron chi connectivity index (χ1n) is 16.7. The normalized spacial score (nSPS) is 14.0. The SMILES string of the molecule is CC(Nc1nccc(Oc2ccc(NC(=O)c3cn(COC(=O)C4CCN(C)CC4)cc(-c4ccc(F)cc4)c3=O)cc2F)c1Cl)c1ccccc1. The number of nitrogens with zero attached hydrogens (tertiary/aromatic N) is 3. The lowest BCUT2D eigenvalue weighted by Crippen LogP contribution is -2.34. The van der Waals surface area contributed by atoms with Crippen molar-refractivity contribution in [3.63, 3.8) is 0 Å². The van der Waals surface area contributed by atoms with E-state index >= 15 is 4.39 Å². The van der Waals surface area contributed by atoms with E-state index in [2.05, 4.69) is 20.5 Å². The fraction of sp³-hybridized carbons (Fsp3) is 0.231. The van der Waals surface area contributed by atoms with E-state index in [4.69, 9.17) is 21.1 Å². The maximum absolute atomic E-state index is 15.4. The summed E-state index contributed by atoms with van der Waals surface area (Å²) in [5, 5.41) is 5.94. The van der Waals surface area contributed by atoms with Crippen LogP contribution >= 0.6 is 11.6 Å². The Labute approximate surface area is 304 Å². The molecule has 13 heteroatoms. The number of carbonyl (C=O) groups excluding carboxylic acids is 2. The number of anilines is 2. The van der Waals surface area contributed by atoms with E-state index in [1.807, 2.05) is 44.3 Å². The fourth-order valence-corrected chi connectivity index (χ4v) is 6.02. The van der Waals surface area contributed by atoms with Crippen LogP contribution in [-0.2, 0) is 16.3 Å². The van der Waals surface area contributed by atoms with Gasteiger partial charge in [0.15, 0.2) is 24.0 Å². The molecule has 1 unspecified atom stereocenters. The van der Waals surface area contributed by atoms with E-state index in [1.165, 1.54) is 65.6 Å². The van der Waals surface area contributed by atoms with Gasteiger partial charge in [0.2, 0.25) is 5.43 Å². The number of piperidine rings is 1. The van der Waals surface area contributed by atoms with E-state index in [9.17, 15) is 18.8 Å². The third-order valence-corrected chi connectivity index (χ3v) is 9.17. The van der Waals surface area contributed by atoms with E-state index in [1.54, 1.807) is 0 Å². The number of ether oxygens (including phenoxy) is 2. The molecule has 0 radical (unpaired) electrons. The molecule has 268 valence electrons. The van der Waals surface area contributed by atoms with Crippen molar-refractivity contribution in [3.8, 4) is 22.6 Å². The van der Waals surface area contributed by atoms with Gasteiger partial charge in [-0.05, 0) is 75.3 Å². The van der Waals surface area contributed by atoms with Crippen molar-refractivity contribution in [3.05, 3.63) is 135 Å². The van der Waals surface area contributed by atoms with Gasteiger partial charge in [-0.1, -0.05) is 54.1 Å². The zero-order valence-corrected chi connectivity index (χ0v) is 29.2. The molecular weight excluding hydrogens is 692 g/mol. The lowest BCUT2D eigenvalue weighted by Gasteiger charge is -2.27. The Kier molecular flexibility index (Phi) is 11.3. The molecule has 1 fully saturated rings. The van der Waals surface area contributed by atoms with Crippen LogP contribution in [-0.4, -0.2) is 46.5 Å². The van der Waals surface area contributed by atoms with Gasteiger partial charge in [0.05, 0.1) is 5.92 Å². The number of halogens is 3. The van der Waals surface area contributed by atoms with Crippen LogP contribution in [0.5, 0.6) is 11.5 Å². The molecule has 0 spiro atoms. The van der Waals surface area contributed by atoms with Crippen LogP contribution in [0.4, 0.5) is 20.3 Å². The number of pyridine rings is 2. The van der Waals surface area contributed by atoms with Crippen molar-refractivity contribution in [1.82, 2.24) is 14.5 Å². The minimum atomic E-state index is -0.835. The second kappa shape index (κ2) is 16.2. The number of nitrogens with one attached hydrogen (secondary N) is 2. The van der Waals surface area contributed by atoms with Crippen LogP contribution < -0.4 is 20.8 Å². The lowest BCUT2D eigenvalue weighted by atomic mass is 9.97. The van der Waals surface area contributed by atoms with E-state index in [-0.39, 0.29) is 58.0 Å². The second-order valence-corrected chi connectivity index (χ2v) is 12.9. The molecule has 10 nitrogen and oxygen atoms in total. The number of hydrogen-bond acceptors (Lipinski definition) is 8. The smallest absolute Gasteiger partial charge is 0.310 e. The first-order valence-corrected chi connectivity index (χ1v) is 17.0. The minimum Gasteiger partial charge on any atom is -0.453 e. The summed E-state index contributed by atoms with van der Waals surface area (Å²) in [5.74, 6) is -2.43. The van der Waals surface area contributed by atoms with Crippen molar-refractivity contribution < 1.29 is 27.8 Å². The summed E-state index contributed by atoms with van der Waals surface area (Å²) in [6.45, 7) is 3.23. The van der Waals surface area contributed by atoms with Crippen LogP contribution in [0.15, 0.2) is 102 Å². The number of hydrogen-bond donors (Lipinski definition) is 2. The first-order chi connectivity index (χ1) is 25.0. The Morgan fingerprint density at radius 3 is 2.42 bits per heavy atom. The highest BCUT2D eigenvalue weighted by molar-refractivity contribution is 6.34. The molecule has 2 aromatic heterocycles. The van der Waals surface area contributed by atoms with Gasteiger partial charge in [0, 0.05) is 48.0 Å². The number of rotatable bonds is 11. The third kappa shape index (κ3) is 8.64. The largest absolute Gasteiger partial charge is 0.453 e.